The molecule has 0 spiro atoms. The lowest BCUT2D eigenvalue weighted by Gasteiger charge is -2.14. The second-order valence-corrected chi connectivity index (χ2v) is 5.67. The number of nitrogens with two attached hydrogens (primary N) is 1. The first-order chi connectivity index (χ1) is 10.1. The molecule has 2 aromatic carbocycles. The first-order valence-electron chi connectivity index (χ1n) is 7.43. The molecule has 1 unspecified atom stereocenters. The minimum Gasteiger partial charge on any atom is -0.324 e. The largest absolute Gasteiger partial charge is 0.324 e. The fourth-order valence-corrected chi connectivity index (χ4v) is 2.92. The van der Waals surface area contributed by atoms with Crippen LogP contribution in [0.15, 0.2) is 42.5 Å². The Labute approximate surface area is 125 Å². The number of rotatable bonds is 3. The van der Waals surface area contributed by atoms with Crippen LogP contribution in [0.5, 0.6) is 0 Å². The van der Waals surface area contributed by atoms with Crippen LogP contribution in [0, 0.1) is 0 Å². The third-order valence-electron chi connectivity index (χ3n) is 4.06. The molecule has 3 N–H and O–H groups in total. The molecule has 1 aliphatic carbocycles. The van der Waals surface area contributed by atoms with Gasteiger partial charge < -0.3 is 11.1 Å². The smallest absolute Gasteiger partial charge is 0.255 e. The molecule has 0 saturated carbocycles. The van der Waals surface area contributed by atoms with E-state index in [2.05, 4.69) is 11.4 Å². The molecular formula is C18H20N2O. The van der Waals surface area contributed by atoms with Gasteiger partial charge in [-0.25, -0.2) is 0 Å². The number of aryl methyl sites for hydroxylation is 2. The summed E-state index contributed by atoms with van der Waals surface area (Å²) in [7, 11) is 0. The van der Waals surface area contributed by atoms with E-state index in [4.69, 9.17) is 5.73 Å². The number of fused-ring (bicyclic) bond motifs is 1. The van der Waals surface area contributed by atoms with Crippen molar-refractivity contribution in [2.24, 2.45) is 5.73 Å². The summed E-state index contributed by atoms with van der Waals surface area (Å²) in [4.78, 5) is 12.4. The Kier molecular flexibility index (Phi) is 3.76. The number of carbonyl (C=O) groups excluding carboxylic acids is 1. The molecule has 0 fully saturated rings. The maximum atomic E-state index is 12.4. The van der Waals surface area contributed by atoms with Gasteiger partial charge in [0, 0.05) is 17.3 Å². The average Bonchev–Trinajstić information content (AvgIpc) is 2.94. The van der Waals surface area contributed by atoms with Crippen LogP contribution >= 0.6 is 0 Å². The molecule has 0 radical (unpaired) electrons. The van der Waals surface area contributed by atoms with E-state index in [-0.39, 0.29) is 11.9 Å². The zero-order valence-corrected chi connectivity index (χ0v) is 12.2. The molecule has 1 aliphatic rings. The fraction of sp³-hybridized carbons (Fsp3) is 0.278. The van der Waals surface area contributed by atoms with Crippen molar-refractivity contribution < 1.29 is 4.79 Å². The predicted molar refractivity (Wildman–Crippen MR) is 85.5 cm³/mol. The Bertz CT molecular complexity index is 677. The van der Waals surface area contributed by atoms with E-state index >= 15 is 0 Å². The van der Waals surface area contributed by atoms with Crippen molar-refractivity contribution >= 4 is 11.6 Å². The zero-order valence-electron chi connectivity index (χ0n) is 12.2. The Morgan fingerprint density at radius 2 is 1.90 bits per heavy atom. The molecule has 0 heterocycles. The topological polar surface area (TPSA) is 55.1 Å². The summed E-state index contributed by atoms with van der Waals surface area (Å²) in [5.74, 6) is -0.0715. The SMILES string of the molecule is CC(N)c1ccccc1NC(=O)c1ccc2c(c1)CCC2. The number of hydrogen-bond acceptors (Lipinski definition) is 2. The second-order valence-electron chi connectivity index (χ2n) is 5.67. The summed E-state index contributed by atoms with van der Waals surface area (Å²) >= 11 is 0. The van der Waals surface area contributed by atoms with Gasteiger partial charge in [0.2, 0.25) is 0 Å². The van der Waals surface area contributed by atoms with Gasteiger partial charge in [0.05, 0.1) is 0 Å². The van der Waals surface area contributed by atoms with E-state index in [0.717, 1.165) is 29.7 Å². The van der Waals surface area contributed by atoms with Gasteiger partial charge in [0.25, 0.3) is 5.91 Å². The summed E-state index contributed by atoms with van der Waals surface area (Å²) in [5, 5.41) is 2.98. The number of hydrogen-bond donors (Lipinski definition) is 2. The van der Waals surface area contributed by atoms with Crippen molar-refractivity contribution in [2.45, 2.75) is 32.2 Å². The Morgan fingerprint density at radius 3 is 2.71 bits per heavy atom. The zero-order chi connectivity index (χ0) is 14.8. The first kappa shape index (κ1) is 13.8. The third-order valence-corrected chi connectivity index (χ3v) is 4.06. The standard InChI is InChI=1S/C18H20N2O/c1-12(19)16-7-2-3-8-17(16)20-18(21)15-10-9-13-5-4-6-14(13)11-15/h2-3,7-12H,4-6,19H2,1H3,(H,20,21). The van der Waals surface area contributed by atoms with Crippen LogP contribution in [0.25, 0.3) is 0 Å². The summed E-state index contributed by atoms with van der Waals surface area (Å²) < 4.78 is 0. The second kappa shape index (κ2) is 5.70. The normalized spacial score (nSPS) is 14.6. The molecule has 3 nitrogen and oxygen atoms in total. The molecule has 2 aromatic rings. The number of para-hydroxylation sites is 1. The lowest BCUT2D eigenvalue weighted by Crippen LogP contribution is -2.16. The van der Waals surface area contributed by atoms with E-state index in [9.17, 15) is 4.79 Å². The maximum Gasteiger partial charge on any atom is 0.255 e. The molecule has 1 amide bonds. The van der Waals surface area contributed by atoms with Crippen molar-refractivity contribution in [1.29, 1.82) is 0 Å². The monoisotopic (exact) mass is 280 g/mol. The first-order valence-corrected chi connectivity index (χ1v) is 7.43. The van der Waals surface area contributed by atoms with Gasteiger partial charge in [0.15, 0.2) is 0 Å². The quantitative estimate of drug-likeness (QED) is 0.904. The summed E-state index contributed by atoms with van der Waals surface area (Å²) in [6, 6.07) is 13.6. The molecule has 0 aliphatic heterocycles. The van der Waals surface area contributed by atoms with Gasteiger partial charge in [-0.05, 0) is 61.1 Å². The third kappa shape index (κ3) is 2.83. The van der Waals surface area contributed by atoms with Crippen LogP contribution in [0.1, 0.15) is 46.4 Å². The molecular weight excluding hydrogens is 260 g/mol. The van der Waals surface area contributed by atoms with Crippen LogP contribution in [0.4, 0.5) is 5.69 Å². The van der Waals surface area contributed by atoms with E-state index in [1.807, 2.05) is 43.3 Å². The number of anilines is 1. The van der Waals surface area contributed by atoms with Crippen LogP contribution in [-0.4, -0.2) is 5.91 Å². The number of benzene rings is 2. The minimum absolute atomic E-state index is 0.0715. The van der Waals surface area contributed by atoms with Crippen molar-refractivity contribution in [3.63, 3.8) is 0 Å². The van der Waals surface area contributed by atoms with Gasteiger partial charge in [0.1, 0.15) is 0 Å². The van der Waals surface area contributed by atoms with Crippen molar-refractivity contribution in [3.8, 4) is 0 Å². The molecule has 3 heteroatoms. The van der Waals surface area contributed by atoms with Crippen LogP contribution in [-0.2, 0) is 12.8 Å². The lowest BCUT2D eigenvalue weighted by molar-refractivity contribution is 0.102. The highest BCUT2D eigenvalue weighted by Crippen LogP contribution is 2.25. The van der Waals surface area contributed by atoms with Gasteiger partial charge >= 0.3 is 0 Å². The van der Waals surface area contributed by atoms with Gasteiger partial charge in [-0.2, -0.15) is 0 Å². The number of amides is 1. The molecule has 0 aromatic heterocycles. The van der Waals surface area contributed by atoms with Gasteiger partial charge in [-0.3, -0.25) is 4.79 Å². The van der Waals surface area contributed by atoms with E-state index in [0.29, 0.717) is 0 Å². The maximum absolute atomic E-state index is 12.4. The van der Waals surface area contributed by atoms with E-state index < -0.39 is 0 Å². The number of carbonyl (C=O) groups is 1. The molecule has 21 heavy (non-hydrogen) atoms. The summed E-state index contributed by atoms with van der Waals surface area (Å²) in [6.07, 6.45) is 3.39. The number of nitrogens with one attached hydrogen (secondary N) is 1. The average molecular weight is 280 g/mol. The van der Waals surface area contributed by atoms with Crippen molar-refractivity contribution in [1.82, 2.24) is 0 Å². The lowest BCUT2D eigenvalue weighted by atomic mass is 10.0. The van der Waals surface area contributed by atoms with Crippen LogP contribution in [0.2, 0.25) is 0 Å². The predicted octanol–water partition coefficient (Wildman–Crippen LogP) is 3.45. The highest BCUT2D eigenvalue weighted by Gasteiger charge is 2.15. The van der Waals surface area contributed by atoms with Crippen molar-refractivity contribution in [2.75, 3.05) is 5.32 Å². The Hall–Kier alpha value is -2.13. The van der Waals surface area contributed by atoms with Crippen LogP contribution < -0.4 is 11.1 Å². The van der Waals surface area contributed by atoms with Crippen LogP contribution in [0.3, 0.4) is 0 Å². The highest BCUT2D eigenvalue weighted by atomic mass is 16.1. The van der Waals surface area contributed by atoms with E-state index in [1.54, 1.807) is 0 Å². The van der Waals surface area contributed by atoms with Gasteiger partial charge in [-0.15, -0.1) is 0 Å². The van der Waals surface area contributed by atoms with E-state index in [1.165, 1.54) is 17.5 Å². The minimum atomic E-state index is -0.110. The molecule has 3 rings (SSSR count). The Morgan fingerprint density at radius 1 is 1.14 bits per heavy atom. The molecule has 0 saturated heterocycles. The molecule has 1 atom stereocenters. The summed E-state index contributed by atoms with van der Waals surface area (Å²) in [5.41, 5.74) is 11.1. The summed E-state index contributed by atoms with van der Waals surface area (Å²) in [6.45, 7) is 1.92. The highest BCUT2D eigenvalue weighted by molar-refractivity contribution is 6.04. The van der Waals surface area contributed by atoms with Crippen molar-refractivity contribution in [3.05, 3.63) is 64.7 Å². The van der Waals surface area contributed by atoms with Gasteiger partial charge in [-0.1, -0.05) is 24.3 Å². The fourth-order valence-electron chi connectivity index (χ4n) is 2.92. The molecule has 108 valence electrons. The molecule has 0 bridgehead atoms. The Balaban J connectivity index is 1.84.